The van der Waals surface area contributed by atoms with E-state index in [4.69, 9.17) is 0 Å². The molecule has 0 spiro atoms. The van der Waals surface area contributed by atoms with E-state index < -0.39 is 0 Å². The molecule has 122 valence electrons. The molecule has 0 radical (unpaired) electrons. The van der Waals surface area contributed by atoms with Crippen molar-refractivity contribution < 1.29 is 4.79 Å². The number of hydrogen-bond donors (Lipinski definition) is 1. The molecule has 1 N–H and O–H groups in total. The van der Waals surface area contributed by atoms with Crippen LogP contribution in [0.1, 0.15) is 56.5 Å². The molecular formula is C17H22N4O2. The summed E-state index contributed by atoms with van der Waals surface area (Å²) >= 11 is 0. The third kappa shape index (κ3) is 2.56. The molecule has 3 heterocycles. The molecule has 6 nitrogen and oxygen atoms in total. The van der Waals surface area contributed by atoms with Crippen molar-refractivity contribution in [2.45, 2.75) is 51.5 Å². The first-order chi connectivity index (χ1) is 11.2. The molecular weight excluding hydrogens is 292 g/mol. The zero-order valence-corrected chi connectivity index (χ0v) is 13.4. The molecule has 0 bridgehead atoms. The monoisotopic (exact) mass is 314 g/mol. The number of nitrogens with one attached hydrogen (secondary N) is 1. The number of carbonyl (C=O) groups excluding carboxylic acids is 1. The maximum atomic E-state index is 12.6. The van der Waals surface area contributed by atoms with Gasteiger partial charge >= 0.3 is 0 Å². The number of H-pyrrole nitrogens is 1. The molecule has 1 saturated carbocycles. The fourth-order valence-corrected chi connectivity index (χ4v) is 3.49. The highest BCUT2D eigenvalue weighted by atomic mass is 16.2. The van der Waals surface area contributed by atoms with Crippen molar-refractivity contribution >= 4 is 11.6 Å². The molecule has 2 aromatic rings. The number of carbonyl (C=O) groups is 1. The molecule has 1 amide bonds. The van der Waals surface area contributed by atoms with Gasteiger partial charge in [0.2, 0.25) is 5.91 Å². The Bertz CT molecular complexity index is 803. The van der Waals surface area contributed by atoms with E-state index >= 15 is 0 Å². The van der Waals surface area contributed by atoms with E-state index in [2.05, 4.69) is 10.1 Å². The number of amides is 1. The van der Waals surface area contributed by atoms with Gasteiger partial charge in [0, 0.05) is 30.3 Å². The van der Waals surface area contributed by atoms with Crippen LogP contribution in [0.4, 0.5) is 0 Å². The topological polar surface area (TPSA) is 70.5 Å². The highest BCUT2D eigenvalue weighted by Crippen LogP contribution is 2.37. The number of piperidine rings is 1. The van der Waals surface area contributed by atoms with Crippen LogP contribution in [-0.4, -0.2) is 31.9 Å². The van der Waals surface area contributed by atoms with Gasteiger partial charge in [0.25, 0.3) is 5.56 Å². The van der Waals surface area contributed by atoms with Crippen molar-refractivity contribution in [3.05, 3.63) is 33.9 Å². The van der Waals surface area contributed by atoms with E-state index in [9.17, 15) is 9.59 Å². The van der Waals surface area contributed by atoms with Gasteiger partial charge in [-0.25, -0.2) is 9.50 Å². The smallest absolute Gasteiger partial charge is 0.272 e. The van der Waals surface area contributed by atoms with Crippen LogP contribution in [0, 0.1) is 5.92 Å². The van der Waals surface area contributed by atoms with Crippen LogP contribution in [0.5, 0.6) is 0 Å². The first-order valence-electron chi connectivity index (χ1n) is 8.59. The van der Waals surface area contributed by atoms with Gasteiger partial charge in [0.15, 0.2) is 5.65 Å². The molecule has 2 aliphatic rings. The quantitative estimate of drug-likeness (QED) is 0.942. The van der Waals surface area contributed by atoms with Gasteiger partial charge in [0.05, 0.1) is 11.7 Å². The van der Waals surface area contributed by atoms with Crippen molar-refractivity contribution in [2.75, 3.05) is 6.54 Å². The minimum absolute atomic E-state index is 0.0445. The maximum absolute atomic E-state index is 12.6. The highest BCUT2D eigenvalue weighted by molar-refractivity contribution is 5.81. The Balaban J connectivity index is 1.72. The lowest BCUT2D eigenvalue weighted by Gasteiger charge is -2.35. The first-order valence-corrected chi connectivity index (χ1v) is 8.59. The zero-order chi connectivity index (χ0) is 16.0. The Morgan fingerprint density at radius 3 is 2.87 bits per heavy atom. The molecule has 1 aliphatic heterocycles. The third-order valence-corrected chi connectivity index (χ3v) is 4.96. The van der Waals surface area contributed by atoms with E-state index in [1.807, 2.05) is 17.9 Å². The van der Waals surface area contributed by atoms with Crippen molar-refractivity contribution in [2.24, 2.45) is 5.92 Å². The average Bonchev–Trinajstić information content (AvgIpc) is 3.33. The maximum Gasteiger partial charge on any atom is 0.272 e. The molecule has 0 unspecified atom stereocenters. The lowest BCUT2D eigenvalue weighted by molar-refractivity contribution is -0.136. The molecule has 4 rings (SSSR count). The summed E-state index contributed by atoms with van der Waals surface area (Å²) in [7, 11) is 0. The number of aryl methyl sites for hydroxylation is 1. The minimum Gasteiger partial charge on any atom is -0.334 e. The van der Waals surface area contributed by atoms with Gasteiger partial charge in [-0.1, -0.05) is 6.92 Å². The fourth-order valence-electron chi connectivity index (χ4n) is 3.49. The molecule has 2 fully saturated rings. The van der Waals surface area contributed by atoms with Crippen LogP contribution in [0.15, 0.2) is 16.9 Å². The van der Waals surface area contributed by atoms with E-state index in [0.29, 0.717) is 5.65 Å². The Morgan fingerprint density at radius 1 is 1.30 bits per heavy atom. The van der Waals surface area contributed by atoms with Crippen molar-refractivity contribution in [3.8, 4) is 0 Å². The number of likely N-dealkylation sites (tertiary alicyclic amines) is 1. The van der Waals surface area contributed by atoms with Gasteiger partial charge in [-0.2, -0.15) is 0 Å². The minimum atomic E-state index is -0.0889. The first kappa shape index (κ1) is 14.5. The van der Waals surface area contributed by atoms with Gasteiger partial charge in [-0.3, -0.25) is 14.7 Å². The molecule has 0 aromatic carbocycles. The second kappa shape index (κ2) is 5.51. The third-order valence-electron chi connectivity index (χ3n) is 4.96. The summed E-state index contributed by atoms with van der Waals surface area (Å²) in [5, 5.41) is 3.18. The van der Waals surface area contributed by atoms with Crippen molar-refractivity contribution in [1.82, 2.24) is 19.5 Å². The SMILES string of the molecule is CCc1cc(=O)n2[nH]c([C@@H]3CCCCN3C(=O)C3CC3)cc2n1. The van der Waals surface area contributed by atoms with Gasteiger partial charge in [0.1, 0.15) is 0 Å². The van der Waals surface area contributed by atoms with Crippen LogP contribution < -0.4 is 5.56 Å². The van der Waals surface area contributed by atoms with Crippen molar-refractivity contribution in [3.63, 3.8) is 0 Å². The number of nitrogens with zero attached hydrogens (tertiary/aromatic N) is 3. The Kier molecular flexibility index (Phi) is 3.47. The number of aromatic nitrogens is 3. The molecule has 1 saturated heterocycles. The second-order valence-electron chi connectivity index (χ2n) is 6.66. The van der Waals surface area contributed by atoms with Crippen LogP contribution in [0.2, 0.25) is 0 Å². The number of fused-ring (bicyclic) bond motifs is 1. The predicted molar refractivity (Wildman–Crippen MR) is 86.2 cm³/mol. The van der Waals surface area contributed by atoms with Crippen molar-refractivity contribution in [1.29, 1.82) is 0 Å². The molecule has 1 aliphatic carbocycles. The summed E-state index contributed by atoms with van der Waals surface area (Å²) < 4.78 is 1.49. The second-order valence-corrected chi connectivity index (χ2v) is 6.66. The molecule has 23 heavy (non-hydrogen) atoms. The summed E-state index contributed by atoms with van der Waals surface area (Å²) in [6.45, 7) is 2.81. The summed E-state index contributed by atoms with van der Waals surface area (Å²) in [5.41, 5.74) is 2.29. The standard InChI is InChI=1S/C17H22N4O2/c1-2-12-9-16(22)21-15(18-12)10-13(19-21)14-5-3-4-8-20(14)17(23)11-6-7-11/h9-11,14,19H,2-8H2,1H3/t14-/m0/s1. The largest absolute Gasteiger partial charge is 0.334 e. The van der Waals surface area contributed by atoms with Gasteiger partial charge in [-0.05, 0) is 38.5 Å². The highest BCUT2D eigenvalue weighted by Gasteiger charge is 2.38. The molecule has 2 aromatic heterocycles. The zero-order valence-electron chi connectivity index (χ0n) is 13.4. The molecule has 6 heteroatoms. The Hall–Kier alpha value is -2.11. The molecule has 1 atom stereocenters. The fraction of sp³-hybridized carbons (Fsp3) is 0.588. The summed E-state index contributed by atoms with van der Waals surface area (Å²) in [5.74, 6) is 0.510. The van der Waals surface area contributed by atoms with Crippen LogP contribution >= 0.6 is 0 Å². The average molecular weight is 314 g/mol. The lowest BCUT2D eigenvalue weighted by atomic mass is 9.99. The predicted octanol–water partition coefficient (Wildman–Crippen LogP) is 2.05. The lowest BCUT2D eigenvalue weighted by Crippen LogP contribution is -2.39. The van der Waals surface area contributed by atoms with Crippen LogP contribution in [0.25, 0.3) is 5.65 Å². The summed E-state index contributed by atoms with van der Waals surface area (Å²) in [4.78, 5) is 31.3. The number of hydrogen-bond acceptors (Lipinski definition) is 3. The Morgan fingerprint density at radius 2 is 2.13 bits per heavy atom. The van der Waals surface area contributed by atoms with E-state index in [1.54, 1.807) is 6.07 Å². The number of aromatic amines is 1. The summed E-state index contributed by atoms with van der Waals surface area (Å²) in [6, 6.07) is 3.55. The van der Waals surface area contributed by atoms with Gasteiger partial charge < -0.3 is 4.90 Å². The Labute approximate surface area is 134 Å². The van der Waals surface area contributed by atoms with E-state index in [1.165, 1.54) is 4.52 Å². The van der Waals surface area contributed by atoms with Crippen LogP contribution in [0.3, 0.4) is 0 Å². The van der Waals surface area contributed by atoms with Gasteiger partial charge in [-0.15, -0.1) is 0 Å². The summed E-state index contributed by atoms with van der Waals surface area (Å²) in [6.07, 6.45) is 5.90. The van der Waals surface area contributed by atoms with E-state index in [0.717, 1.165) is 56.5 Å². The normalized spacial score (nSPS) is 21.8. The van der Waals surface area contributed by atoms with Crippen LogP contribution in [-0.2, 0) is 11.2 Å². The number of rotatable bonds is 3. The van der Waals surface area contributed by atoms with E-state index in [-0.39, 0.29) is 23.4 Å².